The topological polar surface area (TPSA) is 79.9 Å². The van der Waals surface area contributed by atoms with Crippen LogP contribution in [0.25, 0.3) is 0 Å². The molecule has 0 spiro atoms. The molecule has 0 aliphatic carbocycles. The molecule has 1 atom stereocenters. The van der Waals surface area contributed by atoms with Gasteiger partial charge in [-0.2, -0.15) is 0 Å². The minimum atomic E-state index is -0.394. The van der Waals surface area contributed by atoms with Crippen LogP contribution < -0.4 is 20.3 Å². The van der Waals surface area contributed by atoms with Crippen molar-refractivity contribution in [3.63, 3.8) is 0 Å². The highest BCUT2D eigenvalue weighted by Gasteiger charge is 2.30. The van der Waals surface area contributed by atoms with Crippen molar-refractivity contribution in [2.75, 3.05) is 26.8 Å². The summed E-state index contributed by atoms with van der Waals surface area (Å²) in [6, 6.07) is 4.71. The van der Waals surface area contributed by atoms with Crippen LogP contribution in [0.15, 0.2) is 18.2 Å². The molecule has 7 nitrogen and oxygen atoms in total. The molecule has 1 aliphatic rings. The summed E-state index contributed by atoms with van der Waals surface area (Å²) in [6.45, 7) is 8.48. The number of hydrogen-bond donors (Lipinski definition) is 2. The standard InChI is InChI=1S/C21H33N3O4/c1-5-13-28-17-10-9-16(14-18(17)27-4)20(25)22-23-21(26)19(15(2)3)24-11-7-6-8-12-24/h9-10,14-15,19H,5-8,11-13H2,1-4H3,(H,22,25)(H,23,26). The lowest BCUT2D eigenvalue weighted by Gasteiger charge is -2.35. The van der Waals surface area contributed by atoms with Crippen LogP contribution in [-0.2, 0) is 4.79 Å². The minimum Gasteiger partial charge on any atom is -0.493 e. The number of methoxy groups -OCH3 is 1. The lowest BCUT2D eigenvalue weighted by Crippen LogP contribution is -2.55. The Hall–Kier alpha value is -2.28. The first-order chi connectivity index (χ1) is 13.5. The van der Waals surface area contributed by atoms with Crippen LogP contribution in [0.4, 0.5) is 0 Å². The first-order valence-corrected chi connectivity index (χ1v) is 10.1. The van der Waals surface area contributed by atoms with Crippen molar-refractivity contribution in [1.29, 1.82) is 0 Å². The lowest BCUT2D eigenvalue weighted by atomic mass is 9.99. The summed E-state index contributed by atoms with van der Waals surface area (Å²) < 4.78 is 10.9. The third kappa shape index (κ3) is 5.86. The zero-order chi connectivity index (χ0) is 20.5. The molecule has 0 aromatic heterocycles. The molecule has 2 amide bonds. The number of hydrazine groups is 1. The second-order valence-corrected chi connectivity index (χ2v) is 7.44. The highest BCUT2D eigenvalue weighted by Crippen LogP contribution is 2.28. The third-order valence-corrected chi connectivity index (χ3v) is 4.87. The van der Waals surface area contributed by atoms with Crippen molar-refractivity contribution in [3.8, 4) is 11.5 Å². The van der Waals surface area contributed by atoms with E-state index in [4.69, 9.17) is 9.47 Å². The number of nitrogens with zero attached hydrogens (tertiary/aromatic N) is 1. The van der Waals surface area contributed by atoms with Gasteiger partial charge in [0, 0.05) is 5.56 Å². The predicted octanol–water partition coefficient (Wildman–Crippen LogP) is 2.76. The van der Waals surface area contributed by atoms with Gasteiger partial charge in [0.1, 0.15) is 0 Å². The number of likely N-dealkylation sites (tertiary alicyclic amines) is 1. The van der Waals surface area contributed by atoms with Gasteiger partial charge in [0.2, 0.25) is 0 Å². The maximum Gasteiger partial charge on any atom is 0.269 e. The summed E-state index contributed by atoms with van der Waals surface area (Å²) in [6.07, 6.45) is 4.30. The van der Waals surface area contributed by atoms with Gasteiger partial charge in [-0.15, -0.1) is 0 Å². The molecule has 0 radical (unpaired) electrons. The Balaban J connectivity index is 1.98. The summed E-state index contributed by atoms with van der Waals surface area (Å²) in [4.78, 5) is 27.4. The first kappa shape index (κ1) is 22.0. The second kappa shape index (κ2) is 10.9. The molecular weight excluding hydrogens is 358 g/mol. The zero-order valence-electron chi connectivity index (χ0n) is 17.4. The van der Waals surface area contributed by atoms with E-state index < -0.39 is 5.91 Å². The molecule has 1 aliphatic heterocycles. The molecule has 1 heterocycles. The van der Waals surface area contributed by atoms with E-state index in [2.05, 4.69) is 15.8 Å². The van der Waals surface area contributed by atoms with Crippen LogP contribution in [0.2, 0.25) is 0 Å². The summed E-state index contributed by atoms with van der Waals surface area (Å²) >= 11 is 0. The van der Waals surface area contributed by atoms with Crippen LogP contribution in [0.3, 0.4) is 0 Å². The molecule has 1 aromatic carbocycles. The van der Waals surface area contributed by atoms with Crippen molar-refractivity contribution in [2.45, 2.75) is 52.5 Å². The Labute approximate surface area is 167 Å². The minimum absolute atomic E-state index is 0.157. The predicted molar refractivity (Wildman–Crippen MR) is 108 cm³/mol. The number of piperidine rings is 1. The largest absolute Gasteiger partial charge is 0.493 e. The van der Waals surface area contributed by atoms with Crippen LogP contribution >= 0.6 is 0 Å². The molecule has 2 N–H and O–H groups in total. The monoisotopic (exact) mass is 391 g/mol. The van der Waals surface area contributed by atoms with E-state index in [0.717, 1.165) is 32.4 Å². The molecule has 0 saturated carbocycles. The van der Waals surface area contributed by atoms with Crippen LogP contribution in [0, 0.1) is 5.92 Å². The average molecular weight is 392 g/mol. The van der Waals surface area contributed by atoms with Gasteiger partial charge in [0.25, 0.3) is 11.8 Å². The van der Waals surface area contributed by atoms with Crippen LogP contribution in [-0.4, -0.2) is 49.6 Å². The van der Waals surface area contributed by atoms with E-state index in [-0.39, 0.29) is 17.9 Å². The quantitative estimate of drug-likeness (QED) is 0.666. The highest BCUT2D eigenvalue weighted by molar-refractivity contribution is 5.96. The fourth-order valence-corrected chi connectivity index (χ4v) is 3.49. The maximum atomic E-state index is 12.7. The maximum absolute atomic E-state index is 12.7. The van der Waals surface area contributed by atoms with Crippen molar-refractivity contribution in [2.24, 2.45) is 5.92 Å². The number of benzene rings is 1. The molecule has 1 unspecified atom stereocenters. The smallest absolute Gasteiger partial charge is 0.269 e. The second-order valence-electron chi connectivity index (χ2n) is 7.44. The highest BCUT2D eigenvalue weighted by atomic mass is 16.5. The van der Waals surface area contributed by atoms with Gasteiger partial charge in [-0.25, -0.2) is 0 Å². The van der Waals surface area contributed by atoms with E-state index in [1.165, 1.54) is 13.5 Å². The molecule has 7 heteroatoms. The number of ether oxygens (including phenoxy) is 2. The van der Waals surface area contributed by atoms with Gasteiger partial charge in [-0.05, 0) is 56.5 Å². The van der Waals surface area contributed by atoms with E-state index in [1.54, 1.807) is 18.2 Å². The first-order valence-electron chi connectivity index (χ1n) is 10.1. The van der Waals surface area contributed by atoms with Crippen LogP contribution in [0.1, 0.15) is 56.8 Å². The van der Waals surface area contributed by atoms with Gasteiger partial charge in [-0.3, -0.25) is 25.3 Å². The van der Waals surface area contributed by atoms with Gasteiger partial charge < -0.3 is 9.47 Å². The Kier molecular flexibility index (Phi) is 8.57. The summed E-state index contributed by atoms with van der Waals surface area (Å²) in [5.74, 6) is 0.663. The van der Waals surface area contributed by atoms with Crippen molar-refractivity contribution in [1.82, 2.24) is 15.8 Å². The lowest BCUT2D eigenvalue weighted by molar-refractivity contribution is -0.129. The molecule has 2 rings (SSSR count). The number of hydrogen-bond acceptors (Lipinski definition) is 5. The SMILES string of the molecule is CCCOc1ccc(C(=O)NNC(=O)C(C(C)C)N2CCCCC2)cc1OC. The van der Waals surface area contributed by atoms with Gasteiger partial charge in [0.05, 0.1) is 19.8 Å². The van der Waals surface area contributed by atoms with E-state index in [9.17, 15) is 9.59 Å². The van der Waals surface area contributed by atoms with Gasteiger partial charge in [-0.1, -0.05) is 27.2 Å². The number of carbonyl (C=O) groups excluding carboxylic acids is 2. The van der Waals surface area contributed by atoms with Crippen molar-refractivity contribution < 1.29 is 19.1 Å². The van der Waals surface area contributed by atoms with E-state index in [1.807, 2.05) is 20.8 Å². The Bertz CT molecular complexity index is 657. The number of amides is 2. The average Bonchev–Trinajstić information content (AvgIpc) is 2.71. The number of carbonyl (C=O) groups is 2. The third-order valence-electron chi connectivity index (χ3n) is 4.87. The molecule has 0 bridgehead atoms. The molecular formula is C21H33N3O4. The molecule has 1 aromatic rings. The molecule has 156 valence electrons. The van der Waals surface area contributed by atoms with Crippen LogP contribution in [0.5, 0.6) is 11.5 Å². The zero-order valence-corrected chi connectivity index (χ0v) is 17.4. The summed E-state index contributed by atoms with van der Waals surface area (Å²) in [5, 5.41) is 0. The van der Waals surface area contributed by atoms with E-state index in [0.29, 0.717) is 23.7 Å². The van der Waals surface area contributed by atoms with Crippen molar-refractivity contribution >= 4 is 11.8 Å². The van der Waals surface area contributed by atoms with Crippen molar-refractivity contribution in [3.05, 3.63) is 23.8 Å². The number of rotatable bonds is 8. The Morgan fingerprint density at radius 2 is 1.82 bits per heavy atom. The fourth-order valence-electron chi connectivity index (χ4n) is 3.49. The van der Waals surface area contributed by atoms with Gasteiger partial charge >= 0.3 is 0 Å². The van der Waals surface area contributed by atoms with E-state index >= 15 is 0 Å². The Morgan fingerprint density at radius 1 is 1.11 bits per heavy atom. The molecule has 1 saturated heterocycles. The summed E-state index contributed by atoms with van der Waals surface area (Å²) in [5.41, 5.74) is 5.51. The number of nitrogens with one attached hydrogen (secondary N) is 2. The van der Waals surface area contributed by atoms with Gasteiger partial charge in [0.15, 0.2) is 11.5 Å². The fraction of sp³-hybridized carbons (Fsp3) is 0.619. The molecule has 1 fully saturated rings. The summed E-state index contributed by atoms with van der Waals surface area (Å²) in [7, 11) is 1.53. The molecule has 28 heavy (non-hydrogen) atoms. The normalized spacial score (nSPS) is 15.8. The Morgan fingerprint density at radius 3 is 2.43 bits per heavy atom.